The minimum absolute atomic E-state index is 0.0513. The highest BCUT2D eigenvalue weighted by atomic mass is 16.5. The van der Waals surface area contributed by atoms with E-state index >= 15 is 0 Å². The molecule has 1 amide bonds. The molecular formula is C26H24N2O4. The molecule has 0 aliphatic carbocycles. The quantitative estimate of drug-likeness (QED) is 0.372. The first-order valence-electron chi connectivity index (χ1n) is 10.3. The number of aliphatic hydroxyl groups excluding tert-OH is 1. The van der Waals surface area contributed by atoms with E-state index in [9.17, 15) is 14.7 Å². The van der Waals surface area contributed by atoms with Crippen molar-refractivity contribution in [2.24, 2.45) is 0 Å². The van der Waals surface area contributed by atoms with Crippen molar-refractivity contribution in [3.63, 3.8) is 0 Å². The summed E-state index contributed by atoms with van der Waals surface area (Å²) in [6.45, 7) is 5.65. The molecule has 162 valence electrons. The summed E-state index contributed by atoms with van der Waals surface area (Å²) in [7, 11) is 1.56. The fourth-order valence-electron chi connectivity index (χ4n) is 4.10. The van der Waals surface area contributed by atoms with Gasteiger partial charge < -0.3 is 9.84 Å². The second-order valence-corrected chi connectivity index (χ2v) is 7.92. The van der Waals surface area contributed by atoms with E-state index < -0.39 is 17.7 Å². The molecule has 0 radical (unpaired) electrons. The minimum Gasteiger partial charge on any atom is -0.507 e. The number of aromatic nitrogens is 1. The summed E-state index contributed by atoms with van der Waals surface area (Å²) in [5.74, 6) is -0.965. The van der Waals surface area contributed by atoms with Gasteiger partial charge in [0.1, 0.15) is 11.5 Å². The number of ketones is 1. The van der Waals surface area contributed by atoms with Gasteiger partial charge in [-0.25, -0.2) is 0 Å². The van der Waals surface area contributed by atoms with Crippen LogP contribution in [0.1, 0.15) is 33.9 Å². The van der Waals surface area contributed by atoms with E-state index in [1.165, 1.54) is 4.90 Å². The summed E-state index contributed by atoms with van der Waals surface area (Å²) in [6, 6.07) is 13.7. The van der Waals surface area contributed by atoms with Gasteiger partial charge in [-0.05, 0) is 79.4 Å². The summed E-state index contributed by atoms with van der Waals surface area (Å²) in [4.78, 5) is 32.1. The van der Waals surface area contributed by atoms with E-state index in [-0.39, 0.29) is 11.3 Å². The Morgan fingerprint density at radius 1 is 0.969 bits per heavy atom. The summed E-state index contributed by atoms with van der Waals surface area (Å²) in [5, 5.41) is 11.3. The molecule has 6 heteroatoms. The van der Waals surface area contributed by atoms with Crippen molar-refractivity contribution < 1.29 is 19.4 Å². The Morgan fingerprint density at radius 3 is 2.34 bits per heavy atom. The molecule has 0 bridgehead atoms. The zero-order chi connectivity index (χ0) is 23.0. The molecule has 1 aliphatic rings. The lowest BCUT2D eigenvalue weighted by Gasteiger charge is -2.27. The van der Waals surface area contributed by atoms with Crippen molar-refractivity contribution in [1.29, 1.82) is 0 Å². The fourth-order valence-corrected chi connectivity index (χ4v) is 4.10. The predicted octanol–water partition coefficient (Wildman–Crippen LogP) is 4.64. The highest BCUT2D eigenvalue weighted by Gasteiger charge is 2.47. The molecule has 2 heterocycles. The highest BCUT2D eigenvalue weighted by molar-refractivity contribution is 6.51. The number of nitrogens with zero attached hydrogens (tertiary/aromatic N) is 2. The third-order valence-corrected chi connectivity index (χ3v) is 5.78. The number of Topliss-reactive ketones (excluding diaryl/α,β-unsaturated/α-hetero) is 1. The number of hydrogen-bond donors (Lipinski definition) is 1. The number of carbonyl (C=O) groups is 2. The number of aliphatic hydroxyl groups is 1. The number of anilines is 1. The van der Waals surface area contributed by atoms with Crippen molar-refractivity contribution in [3.05, 3.63) is 94.3 Å². The monoisotopic (exact) mass is 428 g/mol. The van der Waals surface area contributed by atoms with Gasteiger partial charge in [-0.1, -0.05) is 12.1 Å². The van der Waals surface area contributed by atoms with Crippen LogP contribution in [0.3, 0.4) is 0 Å². The molecule has 4 rings (SSSR count). The predicted molar refractivity (Wildman–Crippen MR) is 123 cm³/mol. The van der Waals surface area contributed by atoms with Crippen LogP contribution in [-0.4, -0.2) is 28.9 Å². The standard InChI is InChI=1S/C26H24N2O4/c1-15-5-6-16(2)21(13-15)28-23(18-9-11-27-12-10-18)22(25(30)26(28)31)24(29)20-8-7-19(32-4)14-17(20)3/h5-14,23,29H,1-4H3/b24-22-. The number of aryl methyl sites for hydroxylation is 3. The first-order chi connectivity index (χ1) is 15.3. The largest absolute Gasteiger partial charge is 0.507 e. The Morgan fingerprint density at radius 2 is 1.69 bits per heavy atom. The lowest BCUT2D eigenvalue weighted by atomic mass is 9.94. The summed E-state index contributed by atoms with van der Waals surface area (Å²) in [5.41, 5.74) is 4.41. The second kappa shape index (κ2) is 8.30. The van der Waals surface area contributed by atoms with Crippen LogP contribution in [-0.2, 0) is 9.59 Å². The van der Waals surface area contributed by atoms with Crippen LogP contribution >= 0.6 is 0 Å². The Kier molecular flexibility index (Phi) is 5.53. The van der Waals surface area contributed by atoms with Gasteiger partial charge in [0.25, 0.3) is 11.7 Å². The number of rotatable bonds is 4. The molecule has 2 aromatic carbocycles. The maximum Gasteiger partial charge on any atom is 0.300 e. The van der Waals surface area contributed by atoms with Gasteiger partial charge in [-0.15, -0.1) is 0 Å². The normalized spacial score (nSPS) is 17.6. The Labute approximate surface area is 186 Å². The smallest absolute Gasteiger partial charge is 0.300 e. The number of amides is 1. The summed E-state index contributed by atoms with van der Waals surface area (Å²) in [6.07, 6.45) is 3.22. The van der Waals surface area contributed by atoms with E-state index in [1.54, 1.807) is 49.8 Å². The molecule has 1 N–H and O–H groups in total. The van der Waals surface area contributed by atoms with E-state index in [1.807, 2.05) is 39.0 Å². The summed E-state index contributed by atoms with van der Waals surface area (Å²) < 4.78 is 5.25. The maximum absolute atomic E-state index is 13.3. The third kappa shape index (κ3) is 3.54. The molecule has 1 aliphatic heterocycles. The van der Waals surface area contributed by atoms with Gasteiger partial charge in [0.05, 0.1) is 18.7 Å². The zero-order valence-corrected chi connectivity index (χ0v) is 18.4. The molecule has 3 aromatic rings. The van der Waals surface area contributed by atoms with Crippen LogP contribution in [0.4, 0.5) is 5.69 Å². The Balaban J connectivity index is 1.97. The molecule has 32 heavy (non-hydrogen) atoms. The number of methoxy groups -OCH3 is 1. The average Bonchev–Trinajstić information content (AvgIpc) is 3.06. The lowest BCUT2D eigenvalue weighted by Crippen LogP contribution is -2.30. The summed E-state index contributed by atoms with van der Waals surface area (Å²) >= 11 is 0. The van der Waals surface area contributed by atoms with Crippen molar-refractivity contribution in [1.82, 2.24) is 4.98 Å². The first-order valence-corrected chi connectivity index (χ1v) is 10.3. The van der Waals surface area contributed by atoms with Crippen molar-refractivity contribution in [3.8, 4) is 5.75 Å². The van der Waals surface area contributed by atoms with E-state index in [4.69, 9.17) is 4.74 Å². The van der Waals surface area contributed by atoms with Crippen molar-refractivity contribution >= 4 is 23.1 Å². The zero-order valence-electron chi connectivity index (χ0n) is 18.4. The number of ether oxygens (including phenoxy) is 1. The molecule has 1 unspecified atom stereocenters. The van der Waals surface area contributed by atoms with E-state index in [0.717, 1.165) is 16.7 Å². The number of hydrogen-bond acceptors (Lipinski definition) is 5. The molecule has 1 fully saturated rings. The van der Waals surface area contributed by atoms with Gasteiger partial charge in [0.15, 0.2) is 0 Å². The van der Waals surface area contributed by atoms with Crippen LogP contribution in [0.25, 0.3) is 5.76 Å². The SMILES string of the molecule is COc1ccc(/C(O)=C2/C(=O)C(=O)N(c3cc(C)ccc3C)C2c2ccncc2)c(C)c1. The molecular weight excluding hydrogens is 404 g/mol. The first kappa shape index (κ1) is 21.3. The van der Waals surface area contributed by atoms with Crippen LogP contribution < -0.4 is 9.64 Å². The number of carbonyl (C=O) groups excluding carboxylic acids is 2. The average molecular weight is 428 g/mol. The number of benzene rings is 2. The molecule has 0 saturated carbocycles. The van der Waals surface area contributed by atoms with Gasteiger partial charge in [0, 0.05) is 23.6 Å². The van der Waals surface area contributed by atoms with Gasteiger partial charge in [-0.2, -0.15) is 0 Å². The van der Waals surface area contributed by atoms with Crippen LogP contribution in [0.2, 0.25) is 0 Å². The topological polar surface area (TPSA) is 79.7 Å². The second-order valence-electron chi connectivity index (χ2n) is 7.92. The van der Waals surface area contributed by atoms with Gasteiger partial charge in [-0.3, -0.25) is 19.5 Å². The van der Waals surface area contributed by atoms with E-state index in [2.05, 4.69) is 4.98 Å². The molecule has 1 saturated heterocycles. The highest BCUT2D eigenvalue weighted by Crippen LogP contribution is 2.43. The van der Waals surface area contributed by atoms with Crippen molar-refractivity contribution in [2.75, 3.05) is 12.0 Å². The molecule has 6 nitrogen and oxygen atoms in total. The van der Waals surface area contributed by atoms with E-state index in [0.29, 0.717) is 22.6 Å². The maximum atomic E-state index is 13.3. The molecule has 1 aromatic heterocycles. The third-order valence-electron chi connectivity index (χ3n) is 5.78. The Hall–Kier alpha value is -3.93. The lowest BCUT2D eigenvalue weighted by molar-refractivity contribution is -0.132. The van der Waals surface area contributed by atoms with Crippen LogP contribution in [0, 0.1) is 20.8 Å². The van der Waals surface area contributed by atoms with Crippen LogP contribution in [0.5, 0.6) is 5.75 Å². The van der Waals surface area contributed by atoms with Gasteiger partial charge >= 0.3 is 0 Å². The number of pyridine rings is 1. The molecule has 0 spiro atoms. The minimum atomic E-state index is -0.778. The Bertz CT molecular complexity index is 1250. The fraction of sp³-hybridized carbons (Fsp3) is 0.192. The van der Waals surface area contributed by atoms with Crippen molar-refractivity contribution in [2.45, 2.75) is 26.8 Å². The van der Waals surface area contributed by atoms with Gasteiger partial charge in [0.2, 0.25) is 0 Å². The molecule has 1 atom stereocenters. The van der Waals surface area contributed by atoms with Crippen LogP contribution in [0.15, 0.2) is 66.5 Å².